The summed E-state index contributed by atoms with van der Waals surface area (Å²) in [5.74, 6) is -0.800. The van der Waals surface area contributed by atoms with E-state index >= 15 is 0 Å². The van der Waals surface area contributed by atoms with Gasteiger partial charge >= 0.3 is 5.97 Å². The number of carbonyl (C=O) groups is 2. The Bertz CT molecular complexity index is 343. The highest BCUT2D eigenvalue weighted by atomic mass is 16.4. The third kappa shape index (κ3) is 4.45. The summed E-state index contributed by atoms with van der Waals surface area (Å²) in [5, 5.41) is 14.9. The molecule has 2 saturated heterocycles. The van der Waals surface area contributed by atoms with Crippen LogP contribution in [0.1, 0.15) is 38.5 Å². The van der Waals surface area contributed by atoms with Crippen LogP contribution in [0, 0.1) is 0 Å². The van der Waals surface area contributed by atoms with Crippen molar-refractivity contribution in [1.82, 2.24) is 15.5 Å². The van der Waals surface area contributed by atoms with Crippen LogP contribution in [0.4, 0.5) is 0 Å². The van der Waals surface area contributed by atoms with Crippen LogP contribution >= 0.6 is 0 Å². The summed E-state index contributed by atoms with van der Waals surface area (Å²) in [6.45, 7) is 2.98. The number of nitrogens with zero attached hydrogens (tertiary/aromatic N) is 1. The summed E-state index contributed by atoms with van der Waals surface area (Å²) in [6, 6.07) is 1.03. The zero-order chi connectivity index (χ0) is 14.4. The van der Waals surface area contributed by atoms with Crippen LogP contribution in [0.5, 0.6) is 0 Å². The molecule has 0 spiro atoms. The first kappa shape index (κ1) is 15.3. The van der Waals surface area contributed by atoms with Crippen molar-refractivity contribution in [2.24, 2.45) is 0 Å². The Morgan fingerprint density at radius 3 is 2.85 bits per heavy atom. The van der Waals surface area contributed by atoms with Gasteiger partial charge in [-0.25, -0.2) is 0 Å². The number of likely N-dealkylation sites (tertiary alicyclic amines) is 1. The van der Waals surface area contributed by atoms with E-state index < -0.39 is 5.97 Å². The largest absolute Gasteiger partial charge is 0.481 e. The number of nitrogens with one attached hydrogen (secondary N) is 2. The molecule has 2 aliphatic rings. The van der Waals surface area contributed by atoms with Crippen molar-refractivity contribution in [3.05, 3.63) is 0 Å². The van der Waals surface area contributed by atoms with E-state index in [1.165, 1.54) is 19.3 Å². The Balaban J connectivity index is 1.68. The van der Waals surface area contributed by atoms with E-state index in [9.17, 15) is 9.59 Å². The van der Waals surface area contributed by atoms with Crippen molar-refractivity contribution in [1.29, 1.82) is 0 Å². The summed E-state index contributed by atoms with van der Waals surface area (Å²) >= 11 is 0. The Labute approximate surface area is 119 Å². The first-order chi connectivity index (χ1) is 9.66. The average Bonchev–Trinajstić information content (AvgIpc) is 3.04. The smallest absolute Gasteiger partial charge is 0.303 e. The minimum Gasteiger partial charge on any atom is -0.481 e. The van der Waals surface area contributed by atoms with Crippen molar-refractivity contribution in [2.45, 2.75) is 50.6 Å². The van der Waals surface area contributed by atoms with E-state index in [1.54, 1.807) is 0 Å². The number of aliphatic carboxylic acids is 1. The Morgan fingerprint density at radius 1 is 1.30 bits per heavy atom. The molecular formula is C14H25N3O3. The summed E-state index contributed by atoms with van der Waals surface area (Å²) in [4.78, 5) is 24.5. The minimum atomic E-state index is -0.814. The molecule has 0 aromatic carbocycles. The lowest BCUT2D eigenvalue weighted by atomic mass is 10.0. The number of amides is 1. The monoisotopic (exact) mass is 283 g/mol. The lowest BCUT2D eigenvalue weighted by molar-refractivity contribution is -0.137. The number of carbonyl (C=O) groups excluding carboxylic acids is 1. The second kappa shape index (κ2) is 7.59. The van der Waals surface area contributed by atoms with Crippen LogP contribution < -0.4 is 10.6 Å². The number of hydrogen-bond donors (Lipinski definition) is 3. The number of hydrogen-bond acceptors (Lipinski definition) is 4. The lowest BCUT2D eigenvalue weighted by Crippen LogP contribution is -2.47. The molecule has 114 valence electrons. The predicted octanol–water partition coefficient (Wildman–Crippen LogP) is 0.184. The quantitative estimate of drug-likeness (QED) is 0.581. The fraction of sp³-hybridized carbons (Fsp3) is 0.857. The van der Waals surface area contributed by atoms with Crippen LogP contribution in [0.2, 0.25) is 0 Å². The van der Waals surface area contributed by atoms with Crippen molar-refractivity contribution >= 4 is 11.9 Å². The molecule has 6 nitrogen and oxygen atoms in total. The molecule has 0 radical (unpaired) electrons. The van der Waals surface area contributed by atoms with Gasteiger partial charge in [-0.3, -0.25) is 14.5 Å². The van der Waals surface area contributed by atoms with Crippen LogP contribution in [-0.2, 0) is 9.59 Å². The average molecular weight is 283 g/mol. The molecule has 2 unspecified atom stereocenters. The third-order valence-electron chi connectivity index (χ3n) is 4.21. The van der Waals surface area contributed by atoms with E-state index in [0.29, 0.717) is 31.6 Å². The maximum absolute atomic E-state index is 11.9. The number of rotatable bonds is 7. The molecule has 2 atom stereocenters. The molecule has 0 saturated carbocycles. The first-order valence-corrected chi connectivity index (χ1v) is 7.63. The Kier molecular flexibility index (Phi) is 5.79. The van der Waals surface area contributed by atoms with Gasteiger partial charge in [0.15, 0.2) is 0 Å². The molecular weight excluding hydrogens is 258 g/mol. The summed E-state index contributed by atoms with van der Waals surface area (Å²) in [6.07, 6.45) is 5.38. The molecule has 2 heterocycles. The fourth-order valence-electron chi connectivity index (χ4n) is 3.25. The van der Waals surface area contributed by atoms with Crippen molar-refractivity contribution in [3.63, 3.8) is 0 Å². The molecule has 1 amide bonds. The molecule has 0 bridgehead atoms. The molecule has 2 fully saturated rings. The fourth-order valence-corrected chi connectivity index (χ4v) is 3.25. The number of carboxylic acids is 1. The van der Waals surface area contributed by atoms with Gasteiger partial charge in [-0.1, -0.05) is 0 Å². The van der Waals surface area contributed by atoms with Crippen LogP contribution in [0.25, 0.3) is 0 Å². The van der Waals surface area contributed by atoms with Crippen LogP contribution in [-0.4, -0.2) is 60.1 Å². The van der Waals surface area contributed by atoms with E-state index in [1.807, 2.05) is 0 Å². The van der Waals surface area contributed by atoms with Crippen molar-refractivity contribution < 1.29 is 14.7 Å². The van der Waals surface area contributed by atoms with Crippen LogP contribution in [0.15, 0.2) is 0 Å². The van der Waals surface area contributed by atoms with Gasteiger partial charge < -0.3 is 15.7 Å². The van der Waals surface area contributed by atoms with Gasteiger partial charge in [-0.2, -0.15) is 0 Å². The molecule has 3 N–H and O–H groups in total. The van der Waals surface area contributed by atoms with Gasteiger partial charge in [0.25, 0.3) is 0 Å². The number of carboxylic acid groups (broad SMARTS) is 1. The SMILES string of the molecule is O=C(O)CCCNC(=O)CN1CCCC1C1CCCN1. The molecule has 6 heteroatoms. The first-order valence-electron chi connectivity index (χ1n) is 7.63. The van der Waals surface area contributed by atoms with E-state index in [4.69, 9.17) is 5.11 Å². The topological polar surface area (TPSA) is 81.7 Å². The van der Waals surface area contributed by atoms with Gasteiger partial charge in [0.1, 0.15) is 0 Å². The predicted molar refractivity (Wildman–Crippen MR) is 75.5 cm³/mol. The second-order valence-electron chi connectivity index (χ2n) is 5.73. The molecule has 0 aromatic rings. The lowest BCUT2D eigenvalue weighted by Gasteiger charge is -2.28. The van der Waals surface area contributed by atoms with E-state index in [-0.39, 0.29) is 12.3 Å². The molecule has 2 rings (SSSR count). The standard InChI is InChI=1S/C14H25N3O3/c18-13(16-8-2-6-14(19)20)10-17-9-3-5-12(17)11-4-1-7-15-11/h11-12,15H,1-10H2,(H,16,18)(H,19,20). The molecule has 20 heavy (non-hydrogen) atoms. The normalized spacial score (nSPS) is 26.8. The van der Waals surface area contributed by atoms with Gasteiger partial charge in [-0.15, -0.1) is 0 Å². The second-order valence-corrected chi connectivity index (χ2v) is 5.73. The van der Waals surface area contributed by atoms with Crippen molar-refractivity contribution in [3.8, 4) is 0 Å². The van der Waals surface area contributed by atoms with Gasteiger partial charge in [0.05, 0.1) is 6.54 Å². The Morgan fingerprint density at radius 2 is 2.15 bits per heavy atom. The summed E-state index contributed by atoms with van der Waals surface area (Å²) in [5.41, 5.74) is 0. The zero-order valence-corrected chi connectivity index (χ0v) is 11.9. The Hall–Kier alpha value is -1.14. The molecule has 2 aliphatic heterocycles. The summed E-state index contributed by atoms with van der Waals surface area (Å²) < 4.78 is 0. The third-order valence-corrected chi connectivity index (χ3v) is 4.21. The van der Waals surface area contributed by atoms with Gasteiger partial charge in [0.2, 0.25) is 5.91 Å². The molecule has 0 aromatic heterocycles. The highest BCUT2D eigenvalue weighted by Gasteiger charge is 2.33. The highest BCUT2D eigenvalue weighted by molar-refractivity contribution is 5.78. The van der Waals surface area contributed by atoms with Gasteiger partial charge in [0, 0.05) is 25.0 Å². The van der Waals surface area contributed by atoms with Gasteiger partial charge in [-0.05, 0) is 45.2 Å². The van der Waals surface area contributed by atoms with E-state index in [2.05, 4.69) is 15.5 Å². The zero-order valence-electron chi connectivity index (χ0n) is 11.9. The highest BCUT2D eigenvalue weighted by Crippen LogP contribution is 2.24. The minimum absolute atomic E-state index is 0.0142. The van der Waals surface area contributed by atoms with Crippen LogP contribution in [0.3, 0.4) is 0 Å². The van der Waals surface area contributed by atoms with E-state index in [0.717, 1.165) is 19.5 Å². The van der Waals surface area contributed by atoms with Crippen molar-refractivity contribution in [2.75, 3.05) is 26.2 Å². The summed E-state index contributed by atoms with van der Waals surface area (Å²) in [7, 11) is 0. The maximum Gasteiger partial charge on any atom is 0.303 e. The maximum atomic E-state index is 11.9. The molecule has 0 aliphatic carbocycles.